The van der Waals surface area contributed by atoms with Crippen LogP contribution in [0.3, 0.4) is 0 Å². The Bertz CT molecular complexity index is 663. The zero-order valence-corrected chi connectivity index (χ0v) is 12.3. The van der Waals surface area contributed by atoms with E-state index in [1.165, 1.54) is 13.0 Å². The van der Waals surface area contributed by atoms with Gasteiger partial charge in [-0.2, -0.15) is 14.8 Å². The van der Waals surface area contributed by atoms with Gasteiger partial charge in [-0.05, 0) is 24.6 Å². The van der Waals surface area contributed by atoms with E-state index in [-0.39, 0.29) is 42.1 Å². The maximum Gasteiger partial charge on any atom is 0.243 e. The van der Waals surface area contributed by atoms with Crippen molar-refractivity contribution in [3.63, 3.8) is 0 Å². The first-order chi connectivity index (χ1) is 9.84. The van der Waals surface area contributed by atoms with Crippen molar-refractivity contribution in [2.75, 3.05) is 18.8 Å². The molecule has 112 valence electrons. The van der Waals surface area contributed by atoms with Crippen LogP contribution in [0.25, 0.3) is 0 Å². The molecule has 0 saturated carbocycles. The first-order valence-corrected chi connectivity index (χ1v) is 7.58. The summed E-state index contributed by atoms with van der Waals surface area (Å²) in [4.78, 5) is -0.144. The van der Waals surface area contributed by atoms with Gasteiger partial charge >= 0.3 is 0 Å². The van der Waals surface area contributed by atoms with Crippen molar-refractivity contribution in [3.8, 4) is 12.1 Å². The molecule has 0 radical (unpaired) electrons. The van der Waals surface area contributed by atoms with Crippen molar-refractivity contribution in [2.45, 2.75) is 24.7 Å². The molecule has 21 heavy (non-hydrogen) atoms. The van der Waals surface area contributed by atoms with Crippen LogP contribution in [0.15, 0.2) is 17.0 Å². The molecule has 0 aliphatic heterocycles. The molecule has 0 spiro atoms. The summed E-state index contributed by atoms with van der Waals surface area (Å²) < 4.78 is 39.5. The molecule has 0 amide bonds. The minimum absolute atomic E-state index is 0.000315. The highest BCUT2D eigenvalue weighted by molar-refractivity contribution is 7.89. The number of benzene rings is 1. The number of halogens is 1. The molecule has 0 bridgehead atoms. The number of aryl methyl sites for hydroxylation is 1. The van der Waals surface area contributed by atoms with Crippen molar-refractivity contribution in [1.29, 1.82) is 10.5 Å². The highest BCUT2D eigenvalue weighted by Gasteiger charge is 2.25. The topological polar surface area (TPSA) is 111 Å². The summed E-state index contributed by atoms with van der Waals surface area (Å²) in [5, 5.41) is 17.2. The number of rotatable bonds is 6. The summed E-state index contributed by atoms with van der Waals surface area (Å²) in [5.74, 6) is -0.658. The lowest BCUT2D eigenvalue weighted by Crippen LogP contribution is -2.33. The fourth-order valence-electron chi connectivity index (χ4n) is 1.76. The molecule has 1 aromatic rings. The molecule has 2 N–H and O–H groups in total. The van der Waals surface area contributed by atoms with Crippen LogP contribution < -0.4 is 5.73 Å². The Balaban J connectivity index is 3.22. The van der Waals surface area contributed by atoms with Gasteiger partial charge in [0.15, 0.2) is 0 Å². The molecule has 0 heterocycles. The lowest BCUT2D eigenvalue weighted by molar-refractivity contribution is 0.425. The summed E-state index contributed by atoms with van der Waals surface area (Å²) in [6.45, 7) is 1.35. The standard InChI is InChI=1S/C13H15FN4O2S/c1-10-8-11(9-12(17)13(10)14)21(19,20)18(6-2-4-15)7-3-5-16/h8-9H,2-3,6-7,17H2,1H3. The molecule has 8 heteroatoms. The van der Waals surface area contributed by atoms with E-state index in [4.69, 9.17) is 16.3 Å². The summed E-state index contributed by atoms with van der Waals surface area (Å²) >= 11 is 0. The van der Waals surface area contributed by atoms with Crippen LogP contribution in [0, 0.1) is 35.4 Å². The highest BCUT2D eigenvalue weighted by atomic mass is 32.2. The van der Waals surface area contributed by atoms with Crippen LogP contribution >= 0.6 is 0 Å². The smallest absolute Gasteiger partial charge is 0.243 e. The van der Waals surface area contributed by atoms with Gasteiger partial charge in [-0.3, -0.25) is 0 Å². The Morgan fingerprint density at radius 2 is 1.76 bits per heavy atom. The van der Waals surface area contributed by atoms with E-state index in [2.05, 4.69) is 0 Å². The summed E-state index contributed by atoms with van der Waals surface area (Å²) in [5.41, 5.74) is 5.32. The molecular formula is C13H15FN4O2S. The van der Waals surface area contributed by atoms with Crippen molar-refractivity contribution in [1.82, 2.24) is 4.31 Å². The first-order valence-electron chi connectivity index (χ1n) is 6.14. The summed E-state index contributed by atoms with van der Waals surface area (Å²) in [6.07, 6.45) is 0.000630. The van der Waals surface area contributed by atoms with Gasteiger partial charge in [-0.15, -0.1) is 0 Å². The molecule has 0 aromatic heterocycles. The molecule has 1 aromatic carbocycles. The van der Waals surface area contributed by atoms with Crippen molar-refractivity contribution in [2.24, 2.45) is 0 Å². The molecule has 6 nitrogen and oxygen atoms in total. The van der Waals surface area contributed by atoms with Gasteiger partial charge in [0, 0.05) is 25.9 Å². The predicted octanol–water partition coefficient (Wildman–Crippen LogP) is 1.53. The van der Waals surface area contributed by atoms with Crippen molar-refractivity contribution in [3.05, 3.63) is 23.5 Å². The number of hydrogen-bond acceptors (Lipinski definition) is 5. The minimum atomic E-state index is -3.92. The quantitative estimate of drug-likeness (QED) is 0.801. The average Bonchev–Trinajstić information content (AvgIpc) is 2.44. The third-order valence-electron chi connectivity index (χ3n) is 2.84. The molecule has 0 unspecified atom stereocenters. The third-order valence-corrected chi connectivity index (χ3v) is 4.72. The van der Waals surface area contributed by atoms with Crippen molar-refractivity contribution < 1.29 is 12.8 Å². The third kappa shape index (κ3) is 3.91. The van der Waals surface area contributed by atoms with E-state index in [1.54, 1.807) is 0 Å². The largest absolute Gasteiger partial charge is 0.396 e. The van der Waals surface area contributed by atoms with E-state index in [0.29, 0.717) is 0 Å². The maximum atomic E-state index is 13.5. The van der Waals surface area contributed by atoms with E-state index in [0.717, 1.165) is 10.4 Å². The Morgan fingerprint density at radius 3 is 2.19 bits per heavy atom. The second-order valence-corrected chi connectivity index (χ2v) is 6.30. The minimum Gasteiger partial charge on any atom is -0.396 e. The predicted molar refractivity (Wildman–Crippen MR) is 74.8 cm³/mol. The number of sulfonamides is 1. The normalized spacial score (nSPS) is 11.1. The average molecular weight is 310 g/mol. The van der Waals surface area contributed by atoms with E-state index < -0.39 is 15.8 Å². The van der Waals surface area contributed by atoms with Crippen LogP contribution in [0.1, 0.15) is 18.4 Å². The summed E-state index contributed by atoms with van der Waals surface area (Å²) in [7, 11) is -3.92. The van der Waals surface area contributed by atoms with Crippen LogP contribution in [0.2, 0.25) is 0 Å². The Labute approximate surface area is 123 Å². The number of nitrogens with zero attached hydrogens (tertiary/aromatic N) is 3. The van der Waals surface area contributed by atoms with Gasteiger partial charge < -0.3 is 5.73 Å². The lowest BCUT2D eigenvalue weighted by atomic mass is 10.2. The number of nitrogen functional groups attached to an aromatic ring is 1. The van der Waals surface area contributed by atoms with E-state index >= 15 is 0 Å². The van der Waals surface area contributed by atoms with E-state index in [1.807, 2.05) is 12.1 Å². The Morgan fingerprint density at radius 1 is 1.24 bits per heavy atom. The zero-order chi connectivity index (χ0) is 16.0. The molecular weight excluding hydrogens is 295 g/mol. The molecule has 0 fully saturated rings. The second kappa shape index (κ2) is 7.02. The van der Waals surface area contributed by atoms with Gasteiger partial charge in [0.05, 0.1) is 22.7 Å². The number of anilines is 1. The SMILES string of the molecule is Cc1cc(S(=O)(=O)N(CCC#N)CCC#N)cc(N)c1F. The number of nitrogens with two attached hydrogens (primary N) is 1. The molecule has 0 saturated heterocycles. The molecule has 0 atom stereocenters. The monoisotopic (exact) mass is 310 g/mol. The van der Waals surface area contributed by atoms with Crippen LogP contribution in [0.4, 0.5) is 10.1 Å². The van der Waals surface area contributed by atoms with Gasteiger partial charge in [0.1, 0.15) is 5.82 Å². The fourth-order valence-corrected chi connectivity index (χ4v) is 3.33. The van der Waals surface area contributed by atoms with E-state index in [9.17, 15) is 12.8 Å². The Hall–Kier alpha value is -2.16. The van der Waals surface area contributed by atoms with Crippen molar-refractivity contribution >= 4 is 15.7 Å². The lowest BCUT2D eigenvalue weighted by Gasteiger charge is -2.20. The molecule has 1 rings (SSSR count). The highest BCUT2D eigenvalue weighted by Crippen LogP contribution is 2.23. The van der Waals surface area contributed by atoms with Crippen LogP contribution in [0.5, 0.6) is 0 Å². The zero-order valence-electron chi connectivity index (χ0n) is 11.5. The van der Waals surface area contributed by atoms with Crippen LogP contribution in [-0.4, -0.2) is 25.8 Å². The van der Waals surface area contributed by atoms with Gasteiger partial charge in [-0.1, -0.05) is 0 Å². The van der Waals surface area contributed by atoms with Gasteiger partial charge in [-0.25, -0.2) is 12.8 Å². The van der Waals surface area contributed by atoms with Crippen LogP contribution in [-0.2, 0) is 10.0 Å². The first kappa shape index (κ1) is 16.9. The fraction of sp³-hybridized carbons (Fsp3) is 0.385. The maximum absolute atomic E-state index is 13.5. The number of hydrogen-bond donors (Lipinski definition) is 1. The van der Waals surface area contributed by atoms with Gasteiger partial charge in [0.2, 0.25) is 10.0 Å². The Kier molecular flexibility index (Phi) is 5.65. The second-order valence-electron chi connectivity index (χ2n) is 4.36. The summed E-state index contributed by atoms with van der Waals surface area (Å²) in [6, 6.07) is 5.94. The molecule has 0 aliphatic carbocycles. The molecule has 0 aliphatic rings. The van der Waals surface area contributed by atoms with Gasteiger partial charge in [0.25, 0.3) is 0 Å². The number of nitriles is 2.